The third-order valence-electron chi connectivity index (χ3n) is 13.0. The Hall–Kier alpha value is -8.40. The third-order valence-corrected chi connectivity index (χ3v) is 13.0. The zero-order valence-electron chi connectivity index (χ0n) is 34.2. The second-order valence-corrected chi connectivity index (χ2v) is 16.5. The summed E-state index contributed by atoms with van der Waals surface area (Å²) in [5.41, 5.74) is 18.5. The van der Waals surface area contributed by atoms with Gasteiger partial charge >= 0.3 is 0 Å². The molecule has 0 spiro atoms. The molecule has 10 aromatic carbocycles. The van der Waals surface area contributed by atoms with Gasteiger partial charge in [0.05, 0.1) is 22.1 Å². The van der Waals surface area contributed by atoms with E-state index in [-0.39, 0.29) is 0 Å². The Morgan fingerprint density at radius 1 is 0.238 bits per heavy atom. The zero-order chi connectivity index (χ0) is 41.4. The van der Waals surface area contributed by atoms with E-state index in [2.05, 4.69) is 234 Å². The molecule has 63 heavy (non-hydrogen) atoms. The molecule has 0 fully saturated rings. The van der Waals surface area contributed by atoms with Gasteiger partial charge in [0.1, 0.15) is 11.2 Å². The molecule has 0 bridgehead atoms. The van der Waals surface area contributed by atoms with Crippen molar-refractivity contribution in [2.75, 3.05) is 0 Å². The lowest BCUT2D eigenvalue weighted by Crippen LogP contribution is -1.94. The Bertz CT molecular complexity index is 3870. The Kier molecular flexibility index (Phi) is 7.91. The topological polar surface area (TPSA) is 23.0 Å². The summed E-state index contributed by atoms with van der Waals surface area (Å²) in [5.74, 6) is 0. The van der Waals surface area contributed by atoms with Crippen molar-refractivity contribution in [2.24, 2.45) is 0 Å². The summed E-state index contributed by atoms with van der Waals surface area (Å²) >= 11 is 0. The number of hydrogen-bond donors (Lipinski definition) is 0. The quantitative estimate of drug-likeness (QED) is 0.164. The fourth-order valence-corrected chi connectivity index (χ4v) is 9.95. The second kappa shape index (κ2) is 14.1. The van der Waals surface area contributed by atoms with E-state index in [0.29, 0.717) is 0 Å². The van der Waals surface area contributed by atoms with Crippen LogP contribution in [0, 0.1) is 0 Å². The molecule has 3 nitrogen and oxygen atoms in total. The monoisotopic (exact) mass is 802 g/mol. The second-order valence-electron chi connectivity index (χ2n) is 16.5. The average molecular weight is 803 g/mol. The molecule has 0 amide bonds. The summed E-state index contributed by atoms with van der Waals surface area (Å²) in [5, 5.41) is 7.27. The molecule has 13 aromatic rings. The Morgan fingerprint density at radius 2 is 0.683 bits per heavy atom. The van der Waals surface area contributed by atoms with Crippen LogP contribution in [0.15, 0.2) is 235 Å². The van der Waals surface area contributed by atoms with Crippen LogP contribution in [0.25, 0.3) is 121 Å². The molecule has 0 atom stereocenters. The number of rotatable bonds is 6. The van der Waals surface area contributed by atoms with E-state index in [1.54, 1.807) is 0 Å². The standard InChI is InChI=1S/C60H38N2O/c1-2-11-39(12-3-1)44-13-10-14-45(37-44)46-29-34-55-52(38-46)49-15-4-7-18-53(49)61(55)47-30-25-42(26-31-47)40-21-23-41(24-22-40)43-27-32-48(33-28-43)62-54-19-8-5-16-50(54)59-56(62)35-36-58-60(59)51-17-6-9-20-57(51)63-58/h1-38H. The fourth-order valence-electron chi connectivity index (χ4n) is 9.95. The normalized spacial score (nSPS) is 11.8. The van der Waals surface area contributed by atoms with E-state index < -0.39 is 0 Å². The van der Waals surface area contributed by atoms with Crippen molar-refractivity contribution in [2.45, 2.75) is 0 Å². The summed E-state index contributed by atoms with van der Waals surface area (Å²) < 4.78 is 11.1. The van der Waals surface area contributed by atoms with E-state index in [1.165, 1.54) is 93.5 Å². The largest absolute Gasteiger partial charge is 0.456 e. The van der Waals surface area contributed by atoms with Crippen molar-refractivity contribution in [3.05, 3.63) is 231 Å². The average Bonchev–Trinajstić information content (AvgIpc) is 4.02. The highest BCUT2D eigenvalue weighted by atomic mass is 16.3. The Balaban J connectivity index is 0.800. The van der Waals surface area contributed by atoms with Crippen LogP contribution >= 0.6 is 0 Å². The minimum Gasteiger partial charge on any atom is -0.456 e. The lowest BCUT2D eigenvalue weighted by molar-refractivity contribution is 0.669. The summed E-state index contributed by atoms with van der Waals surface area (Å²) in [4.78, 5) is 0. The molecule has 294 valence electrons. The lowest BCUT2D eigenvalue weighted by atomic mass is 9.98. The first-order valence-electron chi connectivity index (χ1n) is 21.6. The first kappa shape index (κ1) is 35.4. The summed E-state index contributed by atoms with van der Waals surface area (Å²) in [6.07, 6.45) is 0. The van der Waals surface area contributed by atoms with Crippen LogP contribution in [0.2, 0.25) is 0 Å². The maximum absolute atomic E-state index is 6.29. The first-order chi connectivity index (χ1) is 31.2. The van der Waals surface area contributed by atoms with Crippen LogP contribution in [-0.4, -0.2) is 9.13 Å². The van der Waals surface area contributed by atoms with E-state index in [4.69, 9.17) is 4.42 Å². The van der Waals surface area contributed by atoms with Crippen molar-refractivity contribution in [1.82, 2.24) is 9.13 Å². The molecule has 0 aliphatic heterocycles. The van der Waals surface area contributed by atoms with Gasteiger partial charge in [-0.2, -0.15) is 0 Å². The van der Waals surface area contributed by atoms with E-state index in [1.807, 2.05) is 6.07 Å². The molecule has 0 unspecified atom stereocenters. The third kappa shape index (κ3) is 5.67. The molecule has 0 saturated carbocycles. The summed E-state index contributed by atoms with van der Waals surface area (Å²) in [7, 11) is 0. The van der Waals surface area contributed by atoms with Crippen LogP contribution in [-0.2, 0) is 0 Å². The molecule has 13 rings (SSSR count). The number of para-hydroxylation sites is 3. The molecular weight excluding hydrogens is 765 g/mol. The molecule has 3 aromatic heterocycles. The molecule has 0 aliphatic carbocycles. The smallest absolute Gasteiger partial charge is 0.136 e. The highest BCUT2D eigenvalue weighted by Crippen LogP contribution is 2.42. The van der Waals surface area contributed by atoms with Crippen LogP contribution in [0.4, 0.5) is 0 Å². The number of hydrogen-bond acceptors (Lipinski definition) is 1. The molecule has 0 aliphatic rings. The van der Waals surface area contributed by atoms with Crippen molar-refractivity contribution in [1.29, 1.82) is 0 Å². The summed E-state index contributed by atoms with van der Waals surface area (Å²) in [6, 6.07) is 83.3. The zero-order valence-corrected chi connectivity index (χ0v) is 34.2. The van der Waals surface area contributed by atoms with Crippen molar-refractivity contribution in [3.63, 3.8) is 0 Å². The molecule has 3 heterocycles. The number of nitrogens with zero attached hydrogens (tertiary/aromatic N) is 2. The van der Waals surface area contributed by atoms with Gasteiger partial charge in [-0.05, 0) is 117 Å². The predicted molar refractivity (Wildman–Crippen MR) is 264 cm³/mol. The maximum atomic E-state index is 6.29. The van der Waals surface area contributed by atoms with Gasteiger partial charge in [-0.25, -0.2) is 0 Å². The van der Waals surface area contributed by atoms with Gasteiger partial charge < -0.3 is 13.6 Å². The summed E-state index contributed by atoms with van der Waals surface area (Å²) in [6.45, 7) is 0. The minimum atomic E-state index is 0.917. The number of aromatic nitrogens is 2. The van der Waals surface area contributed by atoms with Crippen molar-refractivity contribution < 1.29 is 4.42 Å². The molecular formula is C60H38N2O. The number of fused-ring (bicyclic) bond motifs is 10. The predicted octanol–water partition coefficient (Wildman–Crippen LogP) is 16.4. The van der Waals surface area contributed by atoms with E-state index >= 15 is 0 Å². The Morgan fingerprint density at radius 3 is 1.37 bits per heavy atom. The Labute approximate surface area is 363 Å². The lowest BCUT2D eigenvalue weighted by Gasteiger charge is -2.11. The molecule has 0 saturated heterocycles. The fraction of sp³-hybridized carbons (Fsp3) is 0. The maximum Gasteiger partial charge on any atom is 0.136 e. The van der Waals surface area contributed by atoms with Gasteiger partial charge in [-0.15, -0.1) is 0 Å². The van der Waals surface area contributed by atoms with Gasteiger partial charge in [0.25, 0.3) is 0 Å². The molecule has 3 heteroatoms. The number of benzene rings is 10. The number of furan rings is 1. The SMILES string of the molecule is c1ccc(-c2cccc(-c3ccc4c(c3)c3ccccc3n4-c3ccc(-c4ccc(-c5ccc(-n6c7ccccc7c7c8c(ccc76)oc6ccccc68)cc5)cc4)cc3)c2)cc1. The van der Waals surface area contributed by atoms with Gasteiger partial charge in [0, 0.05) is 43.7 Å². The minimum absolute atomic E-state index is 0.917. The van der Waals surface area contributed by atoms with Gasteiger partial charge in [0.2, 0.25) is 0 Å². The first-order valence-corrected chi connectivity index (χ1v) is 21.6. The van der Waals surface area contributed by atoms with Crippen molar-refractivity contribution >= 4 is 65.6 Å². The van der Waals surface area contributed by atoms with Gasteiger partial charge in [0.15, 0.2) is 0 Å². The van der Waals surface area contributed by atoms with Gasteiger partial charge in [-0.1, -0.05) is 158 Å². The van der Waals surface area contributed by atoms with Crippen LogP contribution < -0.4 is 0 Å². The highest BCUT2D eigenvalue weighted by molar-refractivity contribution is 6.27. The van der Waals surface area contributed by atoms with Crippen LogP contribution in [0.5, 0.6) is 0 Å². The van der Waals surface area contributed by atoms with Crippen LogP contribution in [0.3, 0.4) is 0 Å². The van der Waals surface area contributed by atoms with Gasteiger partial charge in [-0.3, -0.25) is 0 Å². The van der Waals surface area contributed by atoms with E-state index in [0.717, 1.165) is 27.9 Å². The highest BCUT2D eigenvalue weighted by Gasteiger charge is 2.19. The molecule has 0 radical (unpaired) electrons. The van der Waals surface area contributed by atoms with E-state index in [9.17, 15) is 0 Å². The molecule has 0 N–H and O–H groups in total. The van der Waals surface area contributed by atoms with Crippen molar-refractivity contribution in [3.8, 4) is 55.9 Å². The van der Waals surface area contributed by atoms with Crippen LogP contribution in [0.1, 0.15) is 0 Å².